The van der Waals surface area contributed by atoms with Gasteiger partial charge in [-0.15, -0.1) is 0 Å². The molecule has 0 saturated carbocycles. The van der Waals surface area contributed by atoms with Crippen molar-refractivity contribution in [3.63, 3.8) is 0 Å². The Labute approximate surface area is 114 Å². The molecule has 0 radical (unpaired) electrons. The Morgan fingerprint density at radius 1 is 1.42 bits per heavy atom. The summed E-state index contributed by atoms with van der Waals surface area (Å²) in [6.07, 6.45) is 1.76. The largest absolute Gasteiger partial charge is 0.497 e. The molecule has 0 spiro atoms. The monoisotopic (exact) mass is 262 g/mol. The minimum Gasteiger partial charge on any atom is -0.497 e. The van der Waals surface area contributed by atoms with E-state index >= 15 is 0 Å². The highest BCUT2D eigenvalue weighted by Crippen LogP contribution is 2.24. The van der Waals surface area contributed by atoms with E-state index < -0.39 is 0 Å². The van der Waals surface area contributed by atoms with Crippen LogP contribution in [0.25, 0.3) is 0 Å². The number of amides is 1. The first-order chi connectivity index (χ1) is 9.14. The van der Waals surface area contributed by atoms with Gasteiger partial charge in [0.25, 0.3) is 0 Å². The lowest BCUT2D eigenvalue weighted by Crippen LogP contribution is -2.41. The van der Waals surface area contributed by atoms with Crippen LogP contribution in [0.2, 0.25) is 0 Å². The predicted octanol–water partition coefficient (Wildman–Crippen LogP) is 1.35. The molecule has 1 heterocycles. The molecule has 104 valence electrons. The first kappa shape index (κ1) is 13.9. The van der Waals surface area contributed by atoms with Gasteiger partial charge >= 0.3 is 0 Å². The summed E-state index contributed by atoms with van der Waals surface area (Å²) in [6, 6.07) is 7.95. The smallest absolute Gasteiger partial charge is 0.227 e. The van der Waals surface area contributed by atoms with Crippen molar-refractivity contribution in [1.29, 1.82) is 0 Å². The summed E-state index contributed by atoms with van der Waals surface area (Å²) in [4.78, 5) is 12.1. The van der Waals surface area contributed by atoms with Crippen LogP contribution in [0.5, 0.6) is 5.75 Å². The van der Waals surface area contributed by atoms with Crippen LogP contribution >= 0.6 is 0 Å². The van der Waals surface area contributed by atoms with Gasteiger partial charge in [0.1, 0.15) is 5.75 Å². The quantitative estimate of drug-likeness (QED) is 0.842. The molecule has 4 nitrogen and oxygen atoms in total. The van der Waals surface area contributed by atoms with E-state index in [1.54, 1.807) is 7.11 Å². The van der Waals surface area contributed by atoms with E-state index in [1.807, 2.05) is 31.2 Å². The summed E-state index contributed by atoms with van der Waals surface area (Å²) in [5, 5.41) is 6.27. The van der Waals surface area contributed by atoms with Crippen molar-refractivity contribution in [1.82, 2.24) is 10.6 Å². The standard InChI is InChI=1S/C15H22N2O2/c1-15(8-10-16-11-15)14(18)17-9-7-12-3-5-13(19-2)6-4-12/h3-6,16H,7-11H2,1-2H3,(H,17,18). The predicted molar refractivity (Wildman–Crippen MR) is 75.3 cm³/mol. The normalized spacial score (nSPS) is 22.2. The highest BCUT2D eigenvalue weighted by molar-refractivity contribution is 5.82. The average Bonchev–Trinajstić information content (AvgIpc) is 2.88. The molecule has 1 aromatic rings. The van der Waals surface area contributed by atoms with Crippen LogP contribution in [0.4, 0.5) is 0 Å². The lowest BCUT2D eigenvalue weighted by Gasteiger charge is -2.21. The van der Waals surface area contributed by atoms with Gasteiger partial charge < -0.3 is 15.4 Å². The van der Waals surface area contributed by atoms with E-state index in [1.165, 1.54) is 5.56 Å². The molecule has 1 unspecified atom stereocenters. The Morgan fingerprint density at radius 3 is 2.74 bits per heavy atom. The minimum atomic E-state index is -0.236. The van der Waals surface area contributed by atoms with Gasteiger partial charge in [-0.05, 0) is 44.0 Å². The molecular weight excluding hydrogens is 240 g/mol. The number of ether oxygens (including phenoxy) is 1. The van der Waals surface area contributed by atoms with Gasteiger partial charge in [0, 0.05) is 13.1 Å². The van der Waals surface area contributed by atoms with Crippen molar-refractivity contribution in [2.24, 2.45) is 5.41 Å². The Hall–Kier alpha value is -1.55. The van der Waals surface area contributed by atoms with E-state index in [-0.39, 0.29) is 11.3 Å². The Kier molecular flexibility index (Phi) is 4.43. The number of nitrogens with one attached hydrogen (secondary N) is 2. The molecule has 1 aromatic carbocycles. The van der Waals surface area contributed by atoms with Crippen LogP contribution in [-0.2, 0) is 11.2 Å². The first-order valence-corrected chi connectivity index (χ1v) is 6.76. The molecule has 0 aliphatic carbocycles. The van der Waals surface area contributed by atoms with Crippen molar-refractivity contribution in [3.8, 4) is 5.75 Å². The number of rotatable bonds is 5. The van der Waals surface area contributed by atoms with Crippen LogP contribution < -0.4 is 15.4 Å². The number of benzene rings is 1. The van der Waals surface area contributed by atoms with Gasteiger partial charge in [0.15, 0.2) is 0 Å². The second kappa shape index (κ2) is 6.06. The zero-order chi connectivity index (χ0) is 13.7. The maximum absolute atomic E-state index is 12.1. The van der Waals surface area contributed by atoms with Gasteiger partial charge in [0.2, 0.25) is 5.91 Å². The highest BCUT2D eigenvalue weighted by atomic mass is 16.5. The van der Waals surface area contributed by atoms with E-state index in [9.17, 15) is 4.79 Å². The number of carbonyl (C=O) groups excluding carboxylic acids is 1. The third-order valence-corrected chi connectivity index (χ3v) is 3.78. The maximum Gasteiger partial charge on any atom is 0.227 e. The zero-order valence-corrected chi connectivity index (χ0v) is 11.7. The van der Waals surface area contributed by atoms with E-state index in [2.05, 4.69) is 10.6 Å². The zero-order valence-electron chi connectivity index (χ0n) is 11.7. The topological polar surface area (TPSA) is 50.4 Å². The highest BCUT2D eigenvalue weighted by Gasteiger charge is 2.35. The lowest BCUT2D eigenvalue weighted by atomic mass is 9.89. The lowest BCUT2D eigenvalue weighted by molar-refractivity contribution is -0.129. The van der Waals surface area contributed by atoms with Crippen molar-refractivity contribution >= 4 is 5.91 Å². The molecule has 2 N–H and O–H groups in total. The fourth-order valence-electron chi connectivity index (χ4n) is 2.34. The molecule has 0 aromatic heterocycles. The summed E-state index contributed by atoms with van der Waals surface area (Å²) < 4.78 is 5.12. The molecule has 2 rings (SSSR count). The number of methoxy groups -OCH3 is 1. The molecule has 19 heavy (non-hydrogen) atoms. The summed E-state index contributed by atoms with van der Waals surface area (Å²) in [6.45, 7) is 4.42. The molecule has 1 fully saturated rings. The molecule has 4 heteroatoms. The second-order valence-electron chi connectivity index (χ2n) is 5.34. The molecule has 0 bridgehead atoms. The third-order valence-electron chi connectivity index (χ3n) is 3.78. The Bertz CT molecular complexity index is 422. The second-order valence-corrected chi connectivity index (χ2v) is 5.34. The van der Waals surface area contributed by atoms with Gasteiger partial charge in [-0.2, -0.15) is 0 Å². The van der Waals surface area contributed by atoms with Crippen molar-refractivity contribution in [3.05, 3.63) is 29.8 Å². The van der Waals surface area contributed by atoms with Gasteiger partial charge in [-0.1, -0.05) is 12.1 Å². The Morgan fingerprint density at radius 2 is 2.16 bits per heavy atom. The summed E-state index contributed by atoms with van der Waals surface area (Å²) in [5.74, 6) is 1.02. The van der Waals surface area contributed by atoms with Crippen molar-refractivity contribution < 1.29 is 9.53 Å². The van der Waals surface area contributed by atoms with E-state index in [0.29, 0.717) is 6.54 Å². The number of hydrogen-bond acceptors (Lipinski definition) is 3. The fraction of sp³-hybridized carbons (Fsp3) is 0.533. The van der Waals surface area contributed by atoms with Crippen LogP contribution in [0.3, 0.4) is 0 Å². The molecule has 1 aliphatic heterocycles. The van der Waals surface area contributed by atoms with Crippen molar-refractivity contribution in [2.75, 3.05) is 26.7 Å². The van der Waals surface area contributed by atoms with E-state index in [0.717, 1.165) is 31.7 Å². The number of hydrogen-bond donors (Lipinski definition) is 2. The SMILES string of the molecule is COc1ccc(CCNC(=O)C2(C)CCNC2)cc1. The molecule has 1 aliphatic rings. The summed E-state index contributed by atoms with van der Waals surface area (Å²) >= 11 is 0. The maximum atomic E-state index is 12.1. The summed E-state index contributed by atoms with van der Waals surface area (Å²) in [7, 11) is 1.66. The van der Waals surface area contributed by atoms with Crippen LogP contribution in [-0.4, -0.2) is 32.7 Å². The average molecular weight is 262 g/mol. The van der Waals surface area contributed by atoms with Gasteiger partial charge in [0.05, 0.1) is 12.5 Å². The van der Waals surface area contributed by atoms with Gasteiger partial charge in [-0.3, -0.25) is 4.79 Å². The number of carbonyl (C=O) groups is 1. The third kappa shape index (κ3) is 3.47. The molecule has 1 amide bonds. The minimum absolute atomic E-state index is 0.158. The van der Waals surface area contributed by atoms with Crippen LogP contribution in [0, 0.1) is 5.41 Å². The van der Waals surface area contributed by atoms with Crippen LogP contribution in [0.1, 0.15) is 18.9 Å². The van der Waals surface area contributed by atoms with Gasteiger partial charge in [-0.25, -0.2) is 0 Å². The molecular formula is C15H22N2O2. The Balaban J connectivity index is 1.78. The first-order valence-electron chi connectivity index (χ1n) is 6.76. The van der Waals surface area contributed by atoms with Crippen LogP contribution in [0.15, 0.2) is 24.3 Å². The molecule has 1 saturated heterocycles. The molecule has 1 atom stereocenters. The van der Waals surface area contributed by atoms with E-state index in [4.69, 9.17) is 4.74 Å². The fourth-order valence-corrected chi connectivity index (χ4v) is 2.34. The van der Waals surface area contributed by atoms with Crippen molar-refractivity contribution in [2.45, 2.75) is 19.8 Å². The summed E-state index contributed by atoms with van der Waals surface area (Å²) in [5.41, 5.74) is 0.968.